The van der Waals surface area contributed by atoms with Crippen LogP contribution < -0.4 is 0 Å². The molecule has 1 aliphatic carbocycles. The van der Waals surface area contributed by atoms with Crippen LogP contribution in [0.5, 0.6) is 0 Å². The van der Waals surface area contributed by atoms with Crippen molar-refractivity contribution >= 4 is 5.91 Å². The summed E-state index contributed by atoms with van der Waals surface area (Å²) in [5, 5.41) is 0. The van der Waals surface area contributed by atoms with E-state index in [1.807, 2.05) is 13.1 Å². The molecule has 0 saturated carbocycles. The van der Waals surface area contributed by atoms with Crippen molar-refractivity contribution < 1.29 is 4.79 Å². The molecule has 1 amide bonds. The summed E-state index contributed by atoms with van der Waals surface area (Å²) in [6.07, 6.45) is 3.46. The van der Waals surface area contributed by atoms with E-state index in [4.69, 9.17) is 0 Å². The van der Waals surface area contributed by atoms with Crippen molar-refractivity contribution in [3.05, 3.63) is 48.0 Å². The van der Waals surface area contributed by atoms with Crippen molar-refractivity contribution in [2.75, 3.05) is 7.05 Å². The van der Waals surface area contributed by atoms with Crippen LogP contribution in [0.1, 0.15) is 23.6 Å². The molecular weight excluding hydrogens is 186 g/mol. The Morgan fingerprint density at radius 2 is 2.27 bits per heavy atom. The number of amides is 1. The number of carbonyl (C=O) groups excluding carboxylic acids is 1. The highest BCUT2D eigenvalue weighted by Gasteiger charge is 2.26. The Hall–Kier alpha value is -1.57. The molecule has 0 saturated heterocycles. The van der Waals surface area contributed by atoms with Gasteiger partial charge in [0.2, 0.25) is 5.91 Å². The normalized spacial score (nSPS) is 18.3. The third-order valence-electron chi connectivity index (χ3n) is 3.09. The number of hydrogen-bond acceptors (Lipinski definition) is 1. The van der Waals surface area contributed by atoms with Gasteiger partial charge in [-0.15, -0.1) is 0 Å². The summed E-state index contributed by atoms with van der Waals surface area (Å²) in [6, 6.07) is 8.56. The van der Waals surface area contributed by atoms with Crippen LogP contribution in [-0.4, -0.2) is 17.9 Å². The molecule has 0 heterocycles. The van der Waals surface area contributed by atoms with E-state index in [0.717, 1.165) is 12.8 Å². The summed E-state index contributed by atoms with van der Waals surface area (Å²) < 4.78 is 0. The molecular formula is C13H15NO. The van der Waals surface area contributed by atoms with Crippen LogP contribution in [0.3, 0.4) is 0 Å². The third-order valence-corrected chi connectivity index (χ3v) is 3.09. The minimum Gasteiger partial charge on any atom is -0.335 e. The van der Waals surface area contributed by atoms with Gasteiger partial charge in [0, 0.05) is 7.05 Å². The van der Waals surface area contributed by atoms with Crippen molar-refractivity contribution in [2.45, 2.75) is 18.9 Å². The molecule has 1 aromatic rings. The first kappa shape index (κ1) is 9.97. The fourth-order valence-corrected chi connectivity index (χ4v) is 2.23. The SMILES string of the molecule is C=CC(=O)N(C)[C@@H]1CCc2ccccc21. The van der Waals surface area contributed by atoms with Crippen molar-refractivity contribution in [1.29, 1.82) is 0 Å². The van der Waals surface area contributed by atoms with Crippen molar-refractivity contribution in [2.24, 2.45) is 0 Å². The zero-order valence-corrected chi connectivity index (χ0v) is 8.94. The van der Waals surface area contributed by atoms with Gasteiger partial charge in [-0.1, -0.05) is 30.8 Å². The first-order valence-corrected chi connectivity index (χ1v) is 5.21. The van der Waals surface area contributed by atoms with Gasteiger partial charge in [0.25, 0.3) is 0 Å². The smallest absolute Gasteiger partial charge is 0.246 e. The molecule has 0 fully saturated rings. The fraction of sp³-hybridized carbons (Fsp3) is 0.308. The molecule has 0 bridgehead atoms. The van der Waals surface area contributed by atoms with Crippen molar-refractivity contribution in [1.82, 2.24) is 4.90 Å². The number of likely N-dealkylation sites (N-methyl/N-ethyl adjacent to an activating group) is 1. The number of hydrogen-bond donors (Lipinski definition) is 0. The highest BCUT2D eigenvalue weighted by molar-refractivity contribution is 5.87. The lowest BCUT2D eigenvalue weighted by Gasteiger charge is -2.24. The summed E-state index contributed by atoms with van der Waals surface area (Å²) in [5.41, 5.74) is 2.65. The Morgan fingerprint density at radius 3 is 3.00 bits per heavy atom. The fourth-order valence-electron chi connectivity index (χ4n) is 2.23. The Morgan fingerprint density at radius 1 is 1.53 bits per heavy atom. The van der Waals surface area contributed by atoms with Crippen LogP contribution in [0.25, 0.3) is 0 Å². The van der Waals surface area contributed by atoms with Gasteiger partial charge in [-0.2, -0.15) is 0 Å². The third kappa shape index (κ3) is 1.67. The van der Waals surface area contributed by atoms with Gasteiger partial charge in [0.15, 0.2) is 0 Å². The molecule has 1 aliphatic rings. The first-order chi connectivity index (χ1) is 7.24. The minimum absolute atomic E-state index is 0.00305. The van der Waals surface area contributed by atoms with Crippen LogP contribution in [0.15, 0.2) is 36.9 Å². The zero-order valence-electron chi connectivity index (χ0n) is 8.94. The molecule has 2 rings (SSSR count). The Balaban J connectivity index is 2.27. The average molecular weight is 201 g/mol. The Labute approximate surface area is 90.2 Å². The Kier molecular flexibility index (Phi) is 2.58. The number of fused-ring (bicyclic) bond motifs is 1. The standard InChI is InChI=1S/C13H15NO/c1-3-13(15)14(2)12-9-8-10-6-4-5-7-11(10)12/h3-7,12H,1,8-9H2,2H3/t12-/m1/s1. The summed E-state index contributed by atoms with van der Waals surface area (Å²) in [7, 11) is 1.84. The monoisotopic (exact) mass is 201 g/mol. The molecule has 0 N–H and O–H groups in total. The molecule has 0 unspecified atom stereocenters. The largest absolute Gasteiger partial charge is 0.335 e. The number of aryl methyl sites for hydroxylation is 1. The molecule has 15 heavy (non-hydrogen) atoms. The highest BCUT2D eigenvalue weighted by atomic mass is 16.2. The van der Waals surface area contributed by atoms with Crippen LogP contribution in [0.2, 0.25) is 0 Å². The number of rotatable bonds is 2. The van der Waals surface area contributed by atoms with Crippen LogP contribution >= 0.6 is 0 Å². The minimum atomic E-state index is -0.00305. The molecule has 0 spiro atoms. The molecule has 1 atom stereocenters. The summed E-state index contributed by atoms with van der Waals surface area (Å²) >= 11 is 0. The molecule has 0 aromatic heterocycles. The quantitative estimate of drug-likeness (QED) is 0.672. The maximum Gasteiger partial charge on any atom is 0.246 e. The predicted molar refractivity (Wildman–Crippen MR) is 60.5 cm³/mol. The van der Waals surface area contributed by atoms with E-state index in [9.17, 15) is 4.79 Å². The highest BCUT2D eigenvalue weighted by Crippen LogP contribution is 2.34. The summed E-state index contributed by atoms with van der Waals surface area (Å²) in [5.74, 6) is -0.00305. The molecule has 1 aromatic carbocycles. The van der Waals surface area contributed by atoms with Crippen molar-refractivity contribution in [3.63, 3.8) is 0 Å². The van der Waals surface area contributed by atoms with Crippen molar-refractivity contribution in [3.8, 4) is 0 Å². The molecule has 2 nitrogen and oxygen atoms in total. The Bertz CT molecular complexity index is 397. The van der Waals surface area contributed by atoms with E-state index >= 15 is 0 Å². The lowest BCUT2D eigenvalue weighted by Crippen LogP contribution is -2.28. The second-order valence-corrected chi connectivity index (χ2v) is 3.91. The van der Waals surface area contributed by atoms with E-state index < -0.39 is 0 Å². The molecule has 2 heteroatoms. The molecule has 78 valence electrons. The van der Waals surface area contributed by atoms with Gasteiger partial charge in [0.1, 0.15) is 0 Å². The first-order valence-electron chi connectivity index (χ1n) is 5.21. The van der Waals surface area contributed by atoms with Gasteiger partial charge in [-0.05, 0) is 30.0 Å². The van der Waals surface area contributed by atoms with E-state index in [1.165, 1.54) is 17.2 Å². The van der Waals surface area contributed by atoms with Gasteiger partial charge < -0.3 is 4.90 Å². The second-order valence-electron chi connectivity index (χ2n) is 3.91. The lowest BCUT2D eigenvalue weighted by atomic mass is 10.1. The molecule has 0 radical (unpaired) electrons. The molecule has 0 aliphatic heterocycles. The van der Waals surface area contributed by atoms with Gasteiger partial charge in [-0.3, -0.25) is 4.79 Å². The lowest BCUT2D eigenvalue weighted by molar-refractivity contribution is -0.126. The maximum absolute atomic E-state index is 11.5. The topological polar surface area (TPSA) is 20.3 Å². The van der Waals surface area contributed by atoms with Crippen LogP contribution in [0, 0.1) is 0 Å². The second kappa shape index (κ2) is 3.89. The van der Waals surface area contributed by atoms with E-state index in [1.54, 1.807) is 4.90 Å². The van der Waals surface area contributed by atoms with E-state index in [-0.39, 0.29) is 11.9 Å². The number of carbonyl (C=O) groups is 1. The van der Waals surface area contributed by atoms with E-state index in [0.29, 0.717) is 0 Å². The predicted octanol–water partition coefficient (Wildman–Crippen LogP) is 2.32. The van der Waals surface area contributed by atoms with Gasteiger partial charge in [0.05, 0.1) is 6.04 Å². The zero-order chi connectivity index (χ0) is 10.8. The number of nitrogens with zero attached hydrogens (tertiary/aromatic N) is 1. The van der Waals surface area contributed by atoms with E-state index in [2.05, 4.69) is 24.8 Å². The van der Waals surface area contributed by atoms with Gasteiger partial charge in [-0.25, -0.2) is 0 Å². The average Bonchev–Trinajstić information content (AvgIpc) is 2.70. The summed E-state index contributed by atoms with van der Waals surface area (Å²) in [6.45, 7) is 3.52. The van der Waals surface area contributed by atoms with Crippen LogP contribution in [0.4, 0.5) is 0 Å². The maximum atomic E-state index is 11.5. The summed E-state index contributed by atoms with van der Waals surface area (Å²) in [4.78, 5) is 13.3. The van der Waals surface area contributed by atoms with Gasteiger partial charge >= 0.3 is 0 Å². The van der Waals surface area contributed by atoms with Crippen LogP contribution in [-0.2, 0) is 11.2 Å². The number of benzene rings is 1.